The number of benzene rings is 2. The lowest BCUT2D eigenvalue weighted by Crippen LogP contribution is -2.42. The van der Waals surface area contributed by atoms with Gasteiger partial charge >= 0.3 is 5.97 Å². The third-order valence-electron chi connectivity index (χ3n) is 4.94. The highest BCUT2D eigenvalue weighted by atomic mass is 32.2. The third kappa shape index (κ3) is 5.29. The van der Waals surface area contributed by atoms with E-state index in [9.17, 15) is 18.0 Å². The molecular formula is C22H23N3O5S. The maximum absolute atomic E-state index is 12.9. The van der Waals surface area contributed by atoms with E-state index in [1.54, 1.807) is 4.90 Å². The van der Waals surface area contributed by atoms with E-state index in [0.29, 0.717) is 6.54 Å². The van der Waals surface area contributed by atoms with Crippen molar-refractivity contribution in [1.29, 1.82) is 5.26 Å². The summed E-state index contributed by atoms with van der Waals surface area (Å²) in [6.45, 7) is 2.08. The van der Waals surface area contributed by atoms with E-state index in [2.05, 4.69) is 4.72 Å². The molecule has 0 aromatic heterocycles. The van der Waals surface area contributed by atoms with Crippen LogP contribution >= 0.6 is 0 Å². The molecule has 1 aliphatic rings. The summed E-state index contributed by atoms with van der Waals surface area (Å²) in [5.74, 6) is -1.02. The fourth-order valence-electron chi connectivity index (χ4n) is 3.36. The van der Waals surface area contributed by atoms with E-state index in [1.807, 2.05) is 30.3 Å². The minimum Gasteiger partial charge on any atom is -0.449 e. The monoisotopic (exact) mass is 441 g/mol. The zero-order chi connectivity index (χ0) is 22.4. The molecule has 1 N–H and O–H groups in total. The Hall–Kier alpha value is -3.22. The zero-order valence-electron chi connectivity index (χ0n) is 17.1. The number of nitrogens with one attached hydrogen (secondary N) is 1. The molecule has 2 aromatic carbocycles. The molecule has 1 unspecified atom stereocenters. The van der Waals surface area contributed by atoms with Crippen LogP contribution in [0.5, 0.6) is 0 Å². The van der Waals surface area contributed by atoms with Crippen molar-refractivity contribution in [3.8, 4) is 6.07 Å². The van der Waals surface area contributed by atoms with Crippen molar-refractivity contribution in [1.82, 2.24) is 4.72 Å². The van der Waals surface area contributed by atoms with Gasteiger partial charge < -0.3 is 9.64 Å². The van der Waals surface area contributed by atoms with Crippen LogP contribution in [-0.2, 0) is 26.0 Å². The predicted molar refractivity (Wildman–Crippen MR) is 114 cm³/mol. The number of carbonyl (C=O) groups excluding carboxylic acids is 2. The van der Waals surface area contributed by atoms with Crippen LogP contribution in [0.1, 0.15) is 35.7 Å². The Balaban J connectivity index is 1.65. The molecule has 0 spiro atoms. The first-order valence-corrected chi connectivity index (χ1v) is 11.4. The summed E-state index contributed by atoms with van der Waals surface area (Å²) >= 11 is 0. The summed E-state index contributed by atoms with van der Waals surface area (Å²) in [7, 11) is -3.77. The number of nitrogens with zero attached hydrogens (tertiary/aromatic N) is 2. The van der Waals surface area contributed by atoms with Gasteiger partial charge in [-0.3, -0.25) is 4.79 Å². The topological polar surface area (TPSA) is 117 Å². The number of aryl methyl sites for hydroxylation is 1. The normalized spacial score (nSPS) is 14.3. The number of anilines is 1. The highest BCUT2D eigenvalue weighted by Crippen LogP contribution is 2.27. The molecule has 31 heavy (non-hydrogen) atoms. The molecule has 0 fully saturated rings. The van der Waals surface area contributed by atoms with Gasteiger partial charge in [-0.2, -0.15) is 5.26 Å². The molecule has 1 aliphatic heterocycles. The number of hydrogen-bond acceptors (Lipinski definition) is 6. The molecule has 3 rings (SSSR count). The van der Waals surface area contributed by atoms with Gasteiger partial charge in [-0.1, -0.05) is 18.2 Å². The second-order valence-corrected chi connectivity index (χ2v) is 8.87. The average molecular weight is 442 g/mol. The molecule has 8 nitrogen and oxygen atoms in total. The van der Waals surface area contributed by atoms with E-state index in [4.69, 9.17) is 10.00 Å². The molecule has 1 heterocycles. The van der Waals surface area contributed by atoms with Crippen LogP contribution in [-0.4, -0.2) is 39.5 Å². The number of amides is 1. The van der Waals surface area contributed by atoms with Crippen LogP contribution in [0.4, 0.5) is 5.69 Å². The van der Waals surface area contributed by atoms with Gasteiger partial charge in [-0.15, -0.1) is 0 Å². The molecule has 162 valence electrons. The lowest BCUT2D eigenvalue weighted by molar-refractivity contribution is -0.126. The maximum atomic E-state index is 12.9. The van der Waals surface area contributed by atoms with E-state index < -0.39 is 22.1 Å². The van der Waals surface area contributed by atoms with Crippen LogP contribution < -0.4 is 9.62 Å². The van der Waals surface area contributed by atoms with Crippen LogP contribution in [0.15, 0.2) is 53.4 Å². The first-order valence-electron chi connectivity index (χ1n) is 9.90. The Morgan fingerprint density at radius 3 is 2.61 bits per heavy atom. The van der Waals surface area contributed by atoms with Crippen molar-refractivity contribution < 1.29 is 22.7 Å². The number of para-hydroxylation sites is 1. The van der Waals surface area contributed by atoms with Crippen molar-refractivity contribution in [3.05, 3.63) is 59.7 Å². The van der Waals surface area contributed by atoms with Crippen LogP contribution in [0, 0.1) is 11.3 Å². The van der Waals surface area contributed by atoms with E-state index in [0.717, 1.165) is 24.1 Å². The lowest BCUT2D eigenvalue weighted by atomic mass is 10.0. The SMILES string of the molecule is CC(OC(=O)c1ccc(S(=O)(=O)NCCC#N)cc1)C(=O)N1CCCc2ccccc21. The standard InChI is InChI=1S/C22H23N3O5S/c1-16(21(26)25-15-4-7-17-6-2-3-8-20(17)25)30-22(27)18-9-11-19(12-10-18)31(28,29)24-14-5-13-23/h2-3,6,8-12,16,24H,4-5,7,14-15H2,1H3. The smallest absolute Gasteiger partial charge is 0.338 e. The summed E-state index contributed by atoms with van der Waals surface area (Å²) in [5, 5.41) is 8.51. The van der Waals surface area contributed by atoms with Crippen molar-refractivity contribution in [2.45, 2.75) is 37.2 Å². The second-order valence-electron chi connectivity index (χ2n) is 7.10. The van der Waals surface area contributed by atoms with E-state index in [1.165, 1.54) is 31.2 Å². The molecule has 0 saturated heterocycles. The molecule has 0 saturated carbocycles. The molecule has 9 heteroatoms. The van der Waals surface area contributed by atoms with Crippen LogP contribution in [0.2, 0.25) is 0 Å². The Labute approximate surface area is 181 Å². The number of hydrogen-bond donors (Lipinski definition) is 1. The van der Waals surface area contributed by atoms with Crippen LogP contribution in [0.3, 0.4) is 0 Å². The van der Waals surface area contributed by atoms with Crippen molar-refractivity contribution in [2.75, 3.05) is 18.0 Å². The minimum absolute atomic E-state index is 0.00187. The fourth-order valence-corrected chi connectivity index (χ4v) is 4.39. The Bertz CT molecular complexity index is 1110. The van der Waals surface area contributed by atoms with Gasteiger partial charge in [-0.25, -0.2) is 17.9 Å². The van der Waals surface area contributed by atoms with Gasteiger partial charge in [0, 0.05) is 25.2 Å². The predicted octanol–water partition coefficient (Wildman–Crippen LogP) is 2.40. The number of ether oxygens (including phenoxy) is 1. The molecular weight excluding hydrogens is 418 g/mol. The van der Waals surface area contributed by atoms with Gasteiger partial charge in [0.25, 0.3) is 5.91 Å². The fraction of sp³-hybridized carbons (Fsp3) is 0.318. The van der Waals surface area contributed by atoms with E-state index in [-0.39, 0.29) is 29.3 Å². The summed E-state index contributed by atoms with van der Waals surface area (Å²) < 4.78 is 31.9. The quantitative estimate of drug-likeness (QED) is 0.521. The molecule has 1 amide bonds. The minimum atomic E-state index is -3.77. The number of sulfonamides is 1. The lowest BCUT2D eigenvalue weighted by Gasteiger charge is -2.31. The molecule has 0 radical (unpaired) electrons. The Morgan fingerprint density at radius 2 is 1.90 bits per heavy atom. The first kappa shape index (κ1) is 22.5. The summed E-state index contributed by atoms with van der Waals surface area (Å²) in [6.07, 6.45) is 0.794. The average Bonchev–Trinajstić information content (AvgIpc) is 2.78. The summed E-state index contributed by atoms with van der Waals surface area (Å²) in [6, 6.07) is 14.7. The molecule has 0 aliphatic carbocycles. The van der Waals surface area contributed by atoms with Crippen molar-refractivity contribution in [2.24, 2.45) is 0 Å². The molecule has 1 atom stereocenters. The molecule has 0 bridgehead atoms. The van der Waals surface area contributed by atoms with Gasteiger partial charge in [-0.05, 0) is 55.7 Å². The van der Waals surface area contributed by atoms with Crippen LogP contribution in [0.25, 0.3) is 0 Å². The molecule has 2 aromatic rings. The van der Waals surface area contributed by atoms with E-state index >= 15 is 0 Å². The zero-order valence-corrected chi connectivity index (χ0v) is 17.9. The summed E-state index contributed by atoms with van der Waals surface area (Å²) in [4.78, 5) is 26.9. The number of esters is 1. The van der Waals surface area contributed by atoms with Gasteiger partial charge in [0.05, 0.1) is 16.5 Å². The number of fused-ring (bicyclic) bond motifs is 1. The van der Waals surface area contributed by atoms with Gasteiger partial charge in [0.15, 0.2) is 6.10 Å². The highest BCUT2D eigenvalue weighted by molar-refractivity contribution is 7.89. The second kappa shape index (κ2) is 9.73. The number of carbonyl (C=O) groups is 2. The van der Waals surface area contributed by atoms with Gasteiger partial charge in [0.2, 0.25) is 10.0 Å². The number of nitriles is 1. The largest absolute Gasteiger partial charge is 0.449 e. The highest BCUT2D eigenvalue weighted by Gasteiger charge is 2.28. The van der Waals surface area contributed by atoms with Gasteiger partial charge in [0.1, 0.15) is 0 Å². The third-order valence-corrected chi connectivity index (χ3v) is 6.41. The van der Waals surface area contributed by atoms with Crippen molar-refractivity contribution in [3.63, 3.8) is 0 Å². The maximum Gasteiger partial charge on any atom is 0.338 e. The Kier molecular flexibility index (Phi) is 7.05. The summed E-state index contributed by atoms with van der Waals surface area (Å²) in [5.41, 5.74) is 2.05. The Morgan fingerprint density at radius 1 is 1.19 bits per heavy atom. The number of rotatable bonds is 7. The van der Waals surface area contributed by atoms with Crippen molar-refractivity contribution >= 4 is 27.6 Å². The first-order chi connectivity index (χ1) is 14.8.